The summed E-state index contributed by atoms with van der Waals surface area (Å²) in [6, 6.07) is 0. The minimum atomic E-state index is -1.23. The van der Waals surface area contributed by atoms with Gasteiger partial charge in [-0.1, -0.05) is 0 Å². The first-order chi connectivity index (χ1) is 9.20. The Morgan fingerprint density at radius 1 is 0.560 bits per heavy atom. The number of carboxylic acid groups (broad SMARTS) is 4. The van der Waals surface area contributed by atoms with Crippen LogP contribution in [-0.4, -0.2) is 163 Å². The third kappa shape index (κ3) is 26.6. The van der Waals surface area contributed by atoms with Crippen LogP contribution in [0.1, 0.15) is 0 Å². The molecule has 0 aromatic heterocycles. The number of carbonyl (C=O) groups is 4. The van der Waals surface area contributed by atoms with Gasteiger partial charge in [0.1, 0.15) is 0 Å². The van der Waals surface area contributed by atoms with E-state index >= 15 is 0 Å². The summed E-state index contributed by atoms with van der Waals surface area (Å²) >= 11 is 0. The van der Waals surface area contributed by atoms with Crippen molar-refractivity contribution in [3.63, 3.8) is 0 Å². The molecule has 1 radical (unpaired) electrons. The van der Waals surface area contributed by atoms with Crippen LogP contribution in [0.2, 0.25) is 0 Å². The monoisotopic (exact) mass is 439 g/mol. The normalized spacial score (nSPS) is 8.56. The van der Waals surface area contributed by atoms with Crippen LogP contribution >= 0.6 is 0 Å². The molecule has 0 atom stereocenters. The van der Waals surface area contributed by atoms with Gasteiger partial charge in [-0.2, -0.15) is 0 Å². The van der Waals surface area contributed by atoms with Crippen LogP contribution in [0.4, 0.5) is 0 Å². The molecule has 8 N–H and O–H groups in total. The topological polar surface area (TPSA) is 219 Å². The van der Waals surface area contributed by atoms with Gasteiger partial charge in [-0.15, -0.1) is 0 Å². The predicted molar refractivity (Wildman–Crippen MR) is 84.9 cm³/mol. The Bertz CT molecular complexity index is 334. The molecule has 0 saturated carbocycles. The van der Waals surface area contributed by atoms with Crippen molar-refractivity contribution < 1.29 is 67.6 Å². The van der Waals surface area contributed by atoms with Crippen molar-refractivity contribution >= 4 is 83.0 Å². The number of rotatable bonds is 11. The number of hydrogen-bond donors (Lipinski definition) is 4. The summed E-state index contributed by atoms with van der Waals surface area (Å²) in [4.78, 5) is 44.4. The second kappa shape index (κ2) is 22.3. The first-order valence-electron chi connectivity index (χ1n) is 5.52. The SMILES string of the molecule is O.O.O=C(O)CN(CCN(CC(=O)O)CC(=O)O)CC(=O)O.[Cu].[NaH].[NaH]. The number of nitrogens with zero attached hydrogens (tertiary/aromatic N) is 2. The quantitative estimate of drug-likeness (QED) is 0.224. The molecule has 0 rings (SSSR count). The summed E-state index contributed by atoms with van der Waals surface area (Å²) in [5, 5.41) is 34.5. The van der Waals surface area contributed by atoms with E-state index in [2.05, 4.69) is 0 Å². The second-order valence-corrected chi connectivity index (χ2v) is 4.00. The molecule has 145 valence electrons. The molecule has 0 aliphatic carbocycles. The first-order valence-corrected chi connectivity index (χ1v) is 5.52. The summed E-state index contributed by atoms with van der Waals surface area (Å²) in [5.74, 6) is -4.91. The van der Waals surface area contributed by atoms with Crippen molar-refractivity contribution in [3.8, 4) is 0 Å². The van der Waals surface area contributed by atoms with Crippen molar-refractivity contribution in [1.29, 1.82) is 0 Å². The van der Waals surface area contributed by atoms with E-state index in [1.54, 1.807) is 0 Å². The predicted octanol–water partition coefficient (Wildman–Crippen LogP) is -5.02. The Balaban J connectivity index is -0.000000180. The van der Waals surface area contributed by atoms with Gasteiger partial charge in [0.05, 0.1) is 26.2 Å². The van der Waals surface area contributed by atoms with Gasteiger partial charge in [-0.3, -0.25) is 29.0 Å². The van der Waals surface area contributed by atoms with E-state index in [4.69, 9.17) is 20.4 Å². The first kappa shape index (κ1) is 40.1. The fourth-order valence-corrected chi connectivity index (χ4v) is 1.48. The summed E-state index contributed by atoms with van der Waals surface area (Å²) in [5.41, 5.74) is 0. The summed E-state index contributed by atoms with van der Waals surface area (Å²) in [6.07, 6.45) is 0. The van der Waals surface area contributed by atoms with Crippen LogP contribution in [0.3, 0.4) is 0 Å². The Hall–Kier alpha value is 0.239. The van der Waals surface area contributed by atoms with Gasteiger partial charge in [0.25, 0.3) is 0 Å². The van der Waals surface area contributed by atoms with Crippen molar-refractivity contribution in [1.82, 2.24) is 9.80 Å². The van der Waals surface area contributed by atoms with Crippen LogP contribution in [0.15, 0.2) is 0 Å². The number of hydrogen-bond acceptors (Lipinski definition) is 6. The molecule has 0 aliphatic rings. The van der Waals surface area contributed by atoms with E-state index in [0.29, 0.717) is 0 Å². The van der Waals surface area contributed by atoms with Crippen LogP contribution in [0.25, 0.3) is 0 Å². The van der Waals surface area contributed by atoms with Gasteiger partial charge < -0.3 is 31.4 Å². The van der Waals surface area contributed by atoms with Crippen LogP contribution in [-0.2, 0) is 36.2 Å². The zero-order valence-electron chi connectivity index (χ0n) is 11.9. The third-order valence-electron chi connectivity index (χ3n) is 2.17. The molecular formula is C10H22CuN2Na2O10. The van der Waals surface area contributed by atoms with Gasteiger partial charge >= 0.3 is 83.0 Å². The Morgan fingerprint density at radius 2 is 0.720 bits per heavy atom. The molecule has 0 spiro atoms. The standard InChI is InChI=1S/C10H16N2O8.Cu.2Na.2H2O.2H/c13-7(14)3-11(4-8(15)16)1-2-12(5-9(17)18)6-10(19)20;;;;;;;/h1-6H2,(H,13,14)(H,15,16)(H,17,18)(H,19,20);;;;2*1H2;;. The van der Waals surface area contributed by atoms with Crippen LogP contribution < -0.4 is 0 Å². The fraction of sp³-hybridized carbons (Fsp3) is 0.600. The van der Waals surface area contributed by atoms with Crippen LogP contribution in [0, 0.1) is 0 Å². The van der Waals surface area contributed by atoms with E-state index in [1.165, 1.54) is 0 Å². The number of carboxylic acids is 4. The minimum absolute atomic E-state index is 0. The molecular weight excluding hydrogens is 418 g/mol. The van der Waals surface area contributed by atoms with Crippen molar-refractivity contribution in [3.05, 3.63) is 0 Å². The zero-order chi connectivity index (χ0) is 15.7. The molecule has 0 heterocycles. The zero-order valence-corrected chi connectivity index (χ0v) is 12.8. The van der Waals surface area contributed by atoms with Crippen molar-refractivity contribution in [2.24, 2.45) is 0 Å². The molecule has 0 saturated heterocycles. The van der Waals surface area contributed by atoms with Crippen molar-refractivity contribution in [2.45, 2.75) is 0 Å². The summed E-state index contributed by atoms with van der Waals surface area (Å²) < 4.78 is 0. The fourth-order valence-electron chi connectivity index (χ4n) is 1.48. The Morgan fingerprint density at radius 3 is 0.840 bits per heavy atom. The molecule has 15 heteroatoms. The molecule has 0 aliphatic heterocycles. The van der Waals surface area contributed by atoms with E-state index in [-0.39, 0.29) is 100 Å². The molecule has 0 unspecified atom stereocenters. The third-order valence-corrected chi connectivity index (χ3v) is 2.17. The molecule has 0 amide bonds. The molecule has 25 heavy (non-hydrogen) atoms. The van der Waals surface area contributed by atoms with E-state index in [0.717, 1.165) is 9.80 Å². The van der Waals surface area contributed by atoms with E-state index in [1.807, 2.05) is 0 Å². The molecule has 0 bridgehead atoms. The van der Waals surface area contributed by atoms with Crippen LogP contribution in [0.5, 0.6) is 0 Å². The summed E-state index contributed by atoms with van der Waals surface area (Å²) in [7, 11) is 0. The molecule has 12 nitrogen and oxygen atoms in total. The average molecular weight is 440 g/mol. The van der Waals surface area contributed by atoms with Gasteiger partial charge in [0.2, 0.25) is 0 Å². The van der Waals surface area contributed by atoms with E-state index in [9.17, 15) is 19.2 Å². The van der Waals surface area contributed by atoms with Gasteiger partial charge in [-0.25, -0.2) is 0 Å². The Labute approximate surface area is 198 Å². The van der Waals surface area contributed by atoms with Gasteiger partial charge in [-0.05, 0) is 0 Å². The molecule has 0 aromatic carbocycles. The maximum atomic E-state index is 10.6. The second-order valence-electron chi connectivity index (χ2n) is 4.00. The summed E-state index contributed by atoms with van der Waals surface area (Å²) in [6.45, 7) is -2.25. The molecule has 0 fully saturated rings. The van der Waals surface area contributed by atoms with Crippen molar-refractivity contribution in [2.75, 3.05) is 39.3 Å². The number of aliphatic carboxylic acids is 4. The Kier molecular flexibility index (Phi) is 35.7. The van der Waals surface area contributed by atoms with E-state index < -0.39 is 50.1 Å². The van der Waals surface area contributed by atoms with Gasteiger partial charge in [0, 0.05) is 30.2 Å². The van der Waals surface area contributed by atoms with Gasteiger partial charge in [0.15, 0.2) is 0 Å². The maximum absolute atomic E-state index is 10.6. The molecule has 0 aromatic rings. The average Bonchev–Trinajstić information content (AvgIpc) is 2.22.